The van der Waals surface area contributed by atoms with Gasteiger partial charge in [-0.25, -0.2) is 14.6 Å². The van der Waals surface area contributed by atoms with Crippen molar-refractivity contribution in [1.82, 2.24) is 24.6 Å². The molecule has 2 N–H and O–H groups in total. The average Bonchev–Trinajstić information content (AvgIpc) is 3.19. The van der Waals surface area contributed by atoms with Crippen molar-refractivity contribution in [2.24, 2.45) is 0 Å². The Bertz CT molecular complexity index is 1310. The lowest BCUT2D eigenvalue weighted by Gasteiger charge is -2.40. The van der Waals surface area contributed by atoms with Crippen LogP contribution in [0.4, 0.5) is 5.82 Å². The van der Waals surface area contributed by atoms with Crippen molar-refractivity contribution < 1.29 is 9.53 Å². The first-order chi connectivity index (χ1) is 16.0. The van der Waals surface area contributed by atoms with Crippen LogP contribution in [0.2, 0.25) is 0 Å². The second kappa shape index (κ2) is 8.38. The summed E-state index contributed by atoms with van der Waals surface area (Å²) in [6.45, 7) is 3.57. The molecule has 1 aliphatic carbocycles. The molecule has 4 aromatic rings. The zero-order valence-electron chi connectivity index (χ0n) is 18.3. The minimum Gasteiger partial charge on any atom is -0.457 e. The number of carbonyl (C=O) groups is 1. The third-order valence-electron chi connectivity index (χ3n) is 6.13. The lowest BCUT2D eigenvalue weighted by Crippen LogP contribution is -2.45. The van der Waals surface area contributed by atoms with Crippen LogP contribution in [-0.4, -0.2) is 43.6 Å². The largest absolute Gasteiger partial charge is 0.457 e. The quantitative estimate of drug-likeness (QED) is 0.451. The standard InChI is InChI=1S/C25H24N6O2/c1-3-21(32)30(2)17-13-18(14-17)31-25-22(24(26)27-15-28-25)23(29-31)16-9-11-20(12-10-16)33-19-7-5-4-6-8-19/h3-12,15,17-18H,1,13-14H2,2H3,(H2,26,27,28). The number of likely N-dealkylation sites (N-methyl/N-ethyl adjacent to an activating group) is 1. The second-order valence-electron chi connectivity index (χ2n) is 8.12. The summed E-state index contributed by atoms with van der Waals surface area (Å²) < 4.78 is 7.82. The number of nitrogen functional groups attached to an aromatic ring is 1. The Hall–Kier alpha value is -4.20. The van der Waals surface area contributed by atoms with Gasteiger partial charge in [0, 0.05) is 18.7 Å². The summed E-state index contributed by atoms with van der Waals surface area (Å²) in [4.78, 5) is 22.3. The van der Waals surface area contributed by atoms with Gasteiger partial charge in [0.25, 0.3) is 0 Å². The number of anilines is 1. The topological polar surface area (TPSA) is 99.2 Å². The zero-order chi connectivity index (χ0) is 22.9. The highest BCUT2D eigenvalue weighted by atomic mass is 16.5. The number of hydrogen-bond acceptors (Lipinski definition) is 6. The molecule has 8 nitrogen and oxygen atoms in total. The van der Waals surface area contributed by atoms with Gasteiger partial charge in [-0.2, -0.15) is 5.10 Å². The highest BCUT2D eigenvalue weighted by Crippen LogP contribution is 2.40. The van der Waals surface area contributed by atoms with Crippen molar-refractivity contribution in [3.05, 3.63) is 73.6 Å². The highest BCUT2D eigenvalue weighted by Gasteiger charge is 2.37. The van der Waals surface area contributed by atoms with Crippen molar-refractivity contribution >= 4 is 22.8 Å². The van der Waals surface area contributed by atoms with Crippen molar-refractivity contribution in [3.8, 4) is 22.8 Å². The Morgan fingerprint density at radius 3 is 2.52 bits per heavy atom. The Morgan fingerprint density at radius 2 is 1.82 bits per heavy atom. The van der Waals surface area contributed by atoms with Gasteiger partial charge >= 0.3 is 0 Å². The summed E-state index contributed by atoms with van der Waals surface area (Å²) >= 11 is 0. The van der Waals surface area contributed by atoms with Crippen molar-refractivity contribution in [1.29, 1.82) is 0 Å². The smallest absolute Gasteiger partial charge is 0.245 e. The number of ether oxygens (including phenoxy) is 1. The van der Waals surface area contributed by atoms with E-state index in [1.165, 1.54) is 12.4 Å². The van der Waals surface area contributed by atoms with E-state index in [0.717, 1.165) is 41.0 Å². The van der Waals surface area contributed by atoms with Crippen LogP contribution in [0.25, 0.3) is 22.3 Å². The summed E-state index contributed by atoms with van der Waals surface area (Å²) in [6, 6.07) is 17.6. The molecule has 1 amide bonds. The molecule has 0 saturated heterocycles. The molecule has 5 rings (SSSR count). The molecule has 8 heteroatoms. The minimum absolute atomic E-state index is 0.0751. The van der Waals surface area contributed by atoms with E-state index >= 15 is 0 Å². The van der Waals surface area contributed by atoms with Gasteiger partial charge in [-0.3, -0.25) is 4.79 Å². The fourth-order valence-electron chi connectivity index (χ4n) is 4.16. The number of rotatable bonds is 6. The molecule has 33 heavy (non-hydrogen) atoms. The molecule has 2 aromatic heterocycles. The van der Waals surface area contributed by atoms with Crippen LogP contribution in [0.5, 0.6) is 11.5 Å². The van der Waals surface area contributed by atoms with E-state index < -0.39 is 0 Å². The van der Waals surface area contributed by atoms with Gasteiger partial charge in [0.2, 0.25) is 5.91 Å². The van der Waals surface area contributed by atoms with E-state index in [1.54, 1.807) is 11.9 Å². The number of nitrogens with two attached hydrogens (primary N) is 1. The van der Waals surface area contributed by atoms with Crippen LogP contribution in [0, 0.1) is 0 Å². The molecule has 0 spiro atoms. The van der Waals surface area contributed by atoms with Gasteiger partial charge in [-0.05, 0) is 55.3 Å². The molecule has 166 valence electrons. The van der Waals surface area contributed by atoms with Crippen LogP contribution in [0.1, 0.15) is 18.9 Å². The normalized spacial score (nSPS) is 17.4. The van der Waals surface area contributed by atoms with Crippen LogP contribution < -0.4 is 10.5 Å². The van der Waals surface area contributed by atoms with Gasteiger partial charge in [-0.15, -0.1) is 0 Å². The van der Waals surface area contributed by atoms with Crippen molar-refractivity contribution in [3.63, 3.8) is 0 Å². The van der Waals surface area contributed by atoms with E-state index in [-0.39, 0.29) is 18.0 Å². The average molecular weight is 441 g/mol. The van der Waals surface area contributed by atoms with E-state index in [1.807, 2.05) is 59.3 Å². The van der Waals surface area contributed by atoms with E-state index in [9.17, 15) is 4.79 Å². The molecule has 1 fully saturated rings. The van der Waals surface area contributed by atoms with Gasteiger partial charge < -0.3 is 15.4 Å². The first kappa shape index (κ1) is 20.7. The Morgan fingerprint density at radius 1 is 1.12 bits per heavy atom. The maximum Gasteiger partial charge on any atom is 0.245 e. The number of carbonyl (C=O) groups excluding carboxylic acids is 1. The van der Waals surface area contributed by atoms with E-state index in [4.69, 9.17) is 15.6 Å². The van der Waals surface area contributed by atoms with Crippen molar-refractivity contribution in [2.45, 2.75) is 24.9 Å². The number of amides is 1. The maximum atomic E-state index is 11.9. The predicted molar refractivity (Wildman–Crippen MR) is 127 cm³/mol. The number of para-hydroxylation sites is 1. The van der Waals surface area contributed by atoms with Crippen LogP contribution in [-0.2, 0) is 4.79 Å². The molecule has 1 aliphatic rings. The molecular formula is C25H24N6O2. The first-order valence-electron chi connectivity index (χ1n) is 10.8. The van der Waals surface area contributed by atoms with Crippen LogP contribution >= 0.6 is 0 Å². The lowest BCUT2D eigenvalue weighted by atomic mass is 9.85. The minimum atomic E-state index is -0.0751. The summed E-state index contributed by atoms with van der Waals surface area (Å²) in [5.74, 6) is 1.82. The first-order valence-corrected chi connectivity index (χ1v) is 10.8. The zero-order valence-corrected chi connectivity index (χ0v) is 18.3. The lowest BCUT2D eigenvalue weighted by molar-refractivity contribution is -0.129. The van der Waals surface area contributed by atoms with Gasteiger partial charge in [0.15, 0.2) is 5.65 Å². The SMILES string of the molecule is C=CC(=O)N(C)C1CC(n2nc(-c3ccc(Oc4ccccc4)cc3)c3c(N)ncnc32)C1. The predicted octanol–water partition coefficient (Wildman–Crippen LogP) is 4.22. The molecule has 0 unspecified atom stereocenters. The number of benzene rings is 2. The number of fused-ring (bicyclic) bond motifs is 1. The monoisotopic (exact) mass is 440 g/mol. The molecule has 2 aromatic carbocycles. The van der Waals surface area contributed by atoms with Crippen molar-refractivity contribution in [2.75, 3.05) is 12.8 Å². The van der Waals surface area contributed by atoms with Crippen LogP contribution in [0.3, 0.4) is 0 Å². The number of nitrogens with zero attached hydrogens (tertiary/aromatic N) is 5. The molecule has 0 bridgehead atoms. The molecule has 1 saturated carbocycles. The molecule has 2 heterocycles. The molecule has 0 atom stereocenters. The third kappa shape index (κ3) is 3.80. The second-order valence-corrected chi connectivity index (χ2v) is 8.12. The molecule has 0 aliphatic heterocycles. The molecule has 0 radical (unpaired) electrons. The Labute approximate surface area is 191 Å². The van der Waals surface area contributed by atoms with E-state index in [2.05, 4.69) is 16.5 Å². The fraction of sp³-hybridized carbons (Fsp3) is 0.200. The number of aromatic nitrogens is 4. The molecular weight excluding hydrogens is 416 g/mol. The van der Waals surface area contributed by atoms with Gasteiger partial charge in [-0.1, -0.05) is 24.8 Å². The van der Waals surface area contributed by atoms with Gasteiger partial charge in [0.05, 0.1) is 11.4 Å². The summed E-state index contributed by atoms with van der Waals surface area (Å²) in [5, 5.41) is 5.61. The fourth-order valence-corrected chi connectivity index (χ4v) is 4.16. The number of hydrogen-bond donors (Lipinski definition) is 1. The summed E-state index contributed by atoms with van der Waals surface area (Å²) in [6.07, 6.45) is 4.38. The van der Waals surface area contributed by atoms with Gasteiger partial charge in [0.1, 0.15) is 29.3 Å². The Kier molecular flexibility index (Phi) is 5.26. The Balaban J connectivity index is 1.44. The summed E-state index contributed by atoms with van der Waals surface area (Å²) in [7, 11) is 1.80. The maximum absolute atomic E-state index is 11.9. The highest BCUT2D eigenvalue weighted by molar-refractivity contribution is 5.98. The third-order valence-corrected chi connectivity index (χ3v) is 6.13. The van der Waals surface area contributed by atoms with Crippen LogP contribution in [0.15, 0.2) is 73.6 Å². The van der Waals surface area contributed by atoms with E-state index in [0.29, 0.717) is 11.5 Å². The summed E-state index contributed by atoms with van der Waals surface area (Å²) in [5.41, 5.74) is 8.57.